The van der Waals surface area contributed by atoms with Crippen LogP contribution in [0.5, 0.6) is 0 Å². The van der Waals surface area contributed by atoms with Gasteiger partial charge in [-0.2, -0.15) is 5.10 Å². The van der Waals surface area contributed by atoms with Crippen LogP contribution in [0.1, 0.15) is 30.4 Å². The van der Waals surface area contributed by atoms with E-state index in [0.717, 1.165) is 25.9 Å². The number of rotatable bonds is 3. The van der Waals surface area contributed by atoms with Gasteiger partial charge in [0.1, 0.15) is 6.33 Å². The van der Waals surface area contributed by atoms with Crippen LogP contribution in [0.25, 0.3) is 0 Å². The van der Waals surface area contributed by atoms with Crippen LogP contribution in [0.15, 0.2) is 6.33 Å². The Morgan fingerprint density at radius 1 is 1.56 bits per heavy atom. The average molecular weight is 223 g/mol. The van der Waals surface area contributed by atoms with E-state index in [4.69, 9.17) is 0 Å². The van der Waals surface area contributed by atoms with Crippen molar-refractivity contribution in [2.24, 2.45) is 5.41 Å². The van der Waals surface area contributed by atoms with Crippen molar-refractivity contribution in [1.82, 2.24) is 25.8 Å². The SMILES string of the molecule is CC1(CNC(=O)c2ncn[nH]2)CCNCC1. The van der Waals surface area contributed by atoms with Gasteiger partial charge in [0.15, 0.2) is 0 Å². The zero-order valence-corrected chi connectivity index (χ0v) is 9.42. The fourth-order valence-electron chi connectivity index (χ4n) is 1.90. The molecule has 0 spiro atoms. The zero-order valence-electron chi connectivity index (χ0n) is 9.42. The van der Waals surface area contributed by atoms with E-state index < -0.39 is 0 Å². The Labute approximate surface area is 94.2 Å². The lowest BCUT2D eigenvalue weighted by atomic mass is 9.81. The largest absolute Gasteiger partial charge is 0.349 e. The highest BCUT2D eigenvalue weighted by Crippen LogP contribution is 2.26. The molecule has 1 saturated heterocycles. The first kappa shape index (κ1) is 11.1. The van der Waals surface area contributed by atoms with E-state index in [1.165, 1.54) is 6.33 Å². The standard InChI is InChI=1S/C10H17N5O/c1-10(2-4-11-5-3-10)6-12-9(16)8-13-7-14-15-8/h7,11H,2-6H2,1H3,(H,12,16)(H,13,14,15). The van der Waals surface area contributed by atoms with Gasteiger partial charge in [0, 0.05) is 6.54 Å². The number of nitrogens with one attached hydrogen (secondary N) is 3. The van der Waals surface area contributed by atoms with Crippen molar-refractivity contribution in [3.8, 4) is 0 Å². The van der Waals surface area contributed by atoms with Gasteiger partial charge in [-0.25, -0.2) is 4.98 Å². The summed E-state index contributed by atoms with van der Waals surface area (Å²) >= 11 is 0. The second-order valence-corrected chi connectivity index (χ2v) is 4.58. The van der Waals surface area contributed by atoms with Crippen molar-refractivity contribution >= 4 is 5.91 Å². The van der Waals surface area contributed by atoms with Gasteiger partial charge in [-0.3, -0.25) is 9.89 Å². The van der Waals surface area contributed by atoms with Gasteiger partial charge in [-0.05, 0) is 31.3 Å². The predicted octanol–water partition coefficient (Wildman–Crippen LogP) is -0.0758. The molecule has 0 atom stereocenters. The number of carbonyl (C=O) groups excluding carboxylic acids is 1. The molecule has 1 aliphatic rings. The quantitative estimate of drug-likeness (QED) is 0.669. The molecule has 0 aliphatic carbocycles. The molecule has 1 aliphatic heterocycles. The van der Waals surface area contributed by atoms with Crippen LogP contribution in [0.2, 0.25) is 0 Å². The zero-order chi connectivity index (χ0) is 11.4. The van der Waals surface area contributed by atoms with Gasteiger partial charge < -0.3 is 10.6 Å². The van der Waals surface area contributed by atoms with E-state index in [9.17, 15) is 4.79 Å². The van der Waals surface area contributed by atoms with Crippen molar-refractivity contribution in [3.05, 3.63) is 12.2 Å². The topological polar surface area (TPSA) is 82.7 Å². The molecule has 1 aromatic heterocycles. The normalized spacial score (nSPS) is 19.3. The first-order chi connectivity index (χ1) is 7.70. The Balaban J connectivity index is 1.84. The molecule has 3 N–H and O–H groups in total. The summed E-state index contributed by atoms with van der Waals surface area (Å²) < 4.78 is 0. The van der Waals surface area contributed by atoms with Crippen molar-refractivity contribution in [1.29, 1.82) is 0 Å². The van der Waals surface area contributed by atoms with Crippen molar-refractivity contribution in [2.45, 2.75) is 19.8 Å². The van der Waals surface area contributed by atoms with Crippen LogP contribution in [-0.2, 0) is 0 Å². The minimum atomic E-state index is -0.183. The molecule has 0 unspecified atom stereocenters. The van der Waals surface area contributed by atoms with Crippen LogP contribution in [-0.4, -0.2) is 40.7 Å². The van der Waals surface area contributed by atoms with E-state index in [-0.39, 0.29) is 17.1 Å². The maximum Gasteiger partial charge on any atom is 0.288 e. The number of hydrogen-bond donors (Lipinski definition) is 3. The van der Waals surface area contributed by atoms with Gasteiger partial charge in [0.25, 0.3) is 5.91 Å². The van der Waals surface area contributed by atoms with Gasteiger partial charge >= 0.3 is 0 Å². The lowest BCUT2D eigenvalue weighted by molar-refractivity contribution is 0.0912. The molecule has 1 amide bonds. The van der Waals surface area contributed by atoms with Gasteiger partial charge in [0.2, 0.25) is 5.82 Å². The molecule has 16 heavy (non-hydrogen) atoms. The number of piperidine rings is 1. The van der Waals surface area contributed by atoms with E-state index in [2.05, 4.69) is 32.7 Å². The third-order valence-corrected chi connectivity index (χ3v) is 3.12. The van der Waals surface area contributed by atoms with Gasteiger partial charge in [-0.1, -0.05) is 6.92 Å². The third-order valence-electron chi connectivity index (χ3n) is 3.12. The monoisotopic (exact) mass is 223 g/mol. The summed E-state index contributed by atoms with van der Waals surface area (Å²) in [6, 6.07) is 0. The van der Waals surface area contributed by atoms with Gasteiger partial charge in [0.05, 0.1) is 0 Å². The first-order valence-corrected chi connectivity index (χ1v) is 5.54. The summed E-state index contributed by atoms with van der Waals surface area (Å²) in [7, 11) is 0. The Kier molecular flexibility index (Phi) is 3.19. The smallest absolute Gasteiger partial charge is 0.288 e. The van der Waals surface area contributed by atoms with Crippen LogP contribution < -0.4 is 10.6 Å². The lowest BCUT2D eigenvalue weighted by Crippen LogP contribution is -2.43. The van der Waals surface area contributed by atoms with Crippen molar-refractivity contribution < 1.29 is 4.79 Å². The summed E-state index contributed by atoms with van der Waals surface area (Å²) in [6.07, 6.45) is 3.51. The molecule has 88 valence electrons. The molecule has 0 bridgehead atoms. The molecular weight excluding hydrogens is 206 g/mol. The van der Waals surface area contributed by atoms with E-state index in [0.29, 0.717) is 6.54 Å². The van der Waals surface area contributed by atoms with E-state index >= 15 is 0 Å². The molecule has 0 aromatic carbocycles. The predicted molar refractivity (Wildman–Crippen MR) is 58.9 cm³/mol. The molecule has 1 fully saturated rings. The third kappa shape index (κ3) is 2.57. The number of carbonyl (C=O) groups is 1. The van der Waals surface area contributed by atoms with Crippen LogP contribution in [0.4, 0.5) is 0 Å². The number of aromatic nitrogens is 3. The molecule has 0 radical (unpaired) electrons. The summed E-state index contributed by atoms with van der Waals surface area (Å²) in [5, 5.41) is 12.4. The first-order valence-electron chi connectivity index (χ1n) is 5.54. The average Bonchev–Trinajstić information content (AvgIpc) is 2.80. The molecule has 1 aromatic rings. The molecule has 6 nitrogen and oxygen atoms in total. The van der Waals surface area contributed by atoms with Crippen LogP contribution in [0.3, 0.4) is 0 Å². The number of H-pyrrole nitrogens is 1. The maximum atomic E-state index is 11.6. The second kappa shape index (κ2) is 4.61. The Morgan fingerprint density at radius 2 is 2.31 bits per heavy atom. The van der Waals surface area contributed by atoms with Crippen molar-refractivity contribution in [3.63, 3.8) is 0 Å². The van der Waals surface area contributed by atoms with Crippen LogP contribution in [0, 0.1) is 5.41 Å². The Morgan fingerprint density at radius 3 is 2.94 bits per heavy atom. The highest BCUT2D eigenvalue weighted by Gasteiger charge is 2.27. The summed E-state index contributed by atoms with van der Waals surface area (Å²) in [5.41, 5.74) is 0.195. The van der Waals surface area contributed by atoms with Crippen LogP contribution >= 0.6 is 0 Å². The van der Waals surface area contributed by atoms with Gasteiger partial charge in [-0.15, -0.1) is 0 Å². The highest BCUT2D eigenvalue weighted by atomic mass is 16.2. The fourth-order valence-corrected chi connectivity index (χ4v) is 1.90. The minimum Gasteiger partial charge on any atom is -0.349 e. The minimum absolute atomic E-state index is 0.183. The summed E-state index contributed by atoms with van der Waals surface area (Å²) in [6.45, 7) is 4.94. The Bertz CT molecular complexity index is 342. The Hall–Kier alpha value is -1.43. The molecular formula is C10H17N5O. The molecule has 6 heteroatoms. The molecule has 0 saturated carbocycles. The highest BCUT2D eigenvalue weighted by molar-refractivity contribution is 5.90. The number of hydrogen-bond acceptors (Lipinski definition) is 4. The van der Waals surface area contributed by atoms with E-state index in [1.54, 1.807) is 0 Å². The molecule has 2 heterocycles. The summed E-state index contributed by atoms with van der Waals surface area (Å²) in [5.74, 6) is 0.0924. The lowest BCUT2D eigenvalue weighted by Gasteiger charge is -2.33. The number of aromatic amines is 1. The number of amides is 1. The molecule has 2 rings (SSSR count). The fraction of sp³-hybridized carbons (Fsp3) is 0.700. The van der Waals surface area contributed by atoms with E-state index in [1.807, 2.05) is 0 Å². The second-order valence-electron chi connectivity index (χ2n) is 4.58. The summed E-state index contributed by atoms with van der Waals surface area (Å²) in [4.78, 5) is 15.4. The maximum absolute atomic E-state index is 11.6. The van der Waals surface area contributed by atoms with Crippen molar-refractivity contribution in [2.75, 3.05) is 19.6 Å². The number of nitrogens with zero attached hydrogens (tertiary/aromatic N) is 2.